The Morgan fingerprint density at radius 3 is 2.48 bits per heavy atom. The highest BCUT2D eigenvalue weighted by molar-refractivity contribution is 6.30. The van der Waals surface area contributed by atoms with Gasteiger partial charge >= 0.3 is 6.09 Å². The van der Waals surface area contributed by atoms with Crippen molar-refractivity contribution in [2.45, 2.75) is 88.4 Å². The van der Waals surface area contributed by atoms with Gasteiger partial charge in [-0.3, -0.25) is 5.32 Å². The Morgan fingerprint density at radius 1 is 0.975 bits per heavy atom. The first-order chi connectivity index (χ1) is 19.5. The molecule has 2 aromatic heterocycles. The summed E-state index contributed by atoms with van der Waals surface area (Å²) in [6.07, 6.45) is 11.9. The predicted molar refractivity (Wildman–Crippen MR) is 156 cm³/mol. The molecular weight excluding hydrogens is 530 g/mol. The Morgan fingerprint density at radius 2 is 1.73 bits per heavy atom. The van der Waals surface area contributed by atoms with Crippen LogP contribution in [0.25, 0.3) is 11.2 Å². The zero-order valence-electron chi connectivity index (χ0n) is 22.7. The number of halogens is 1. The van der Waals surface area contributed by atoms with Crippen molar-refractivity contribution in [1.82, 2.24) is 24.6 Å². The fraction of sp³-hybridized carbons (Fsp3) is 0.571. The molecule has 5 N–H and O–H groups in total. The quantitative estimate of drug-likeness (QED) is 0.299. The van der Waals surface area contributed by atoms with Crippen LogP contribution in [0.3, 0.4) is 0 Å². The van der Waals surface area contributed by atoms with Gasteiger partial charge in [0.05, 0.1) is 6.33 Å². The lowest BCUT2D eigenvalue weighted by atomic mass is 9.92. The number of piperidine rings is 1. The van der Waals surface area contributed by atoms with Crippen LogP contribution in [0.4, 0.5) is 22.2 Å². The van der Waals surface area contributed by atoms with E-state index in [1.807, 2.05) is 6.33 Å². The Balaban J connectivity index is 1.12. The number of hydroxylamine groups is 2. The molecule has 214 valence electrons. The molecule has 0 radical (unpaired) electrons. The van der Waals surface area contributed by atoms with Gasteiger partial charge in [-0.25, -0.2) is 9.78 Å². The second kappa shape index (κ2) is 12.2. The average molecular weight is 568 g/mol. The lowest BCUT2D eigenvalue weighted by Gasteiger charge is -2.31. The summed E-state index contributed by atoms with van der Waals surface area (Å²) >= 11 is 6.00. The zero-order valence-corrected chi connectivity index (χ0v) is 23.4. The first-order valence-electron chi connectivity index (χ1n) is 14.5. The standard InChI is InChI=1S/C28H38ClN9O2/c29-18-4-3-5-22(16-18)34-28(39)40-37-14-12-21(13-15-37)32-25-24-26(38(17-31-24)23-6-1-2-7-23)36-27(35-25)33-20-10-8-19(30)9-11-20/h3-5,16-17,19-21,23H,1-2,6-15,30H2,(H,34,39)(H2,32,33,35,36). The summed E-state index contributed by atoms with van der Waals surface area (Å²) in [5, 5.41) is 12.2. The number of hydrogen-bond donors (Lipinski definition) is 4. The summed E-state index contributed by atoms with van der Waals surface area (Å²) in [7, 11) is 0. The van der Waals surface area contributed by atoms with Crippen LogP contribution in [-0.4, -0.2) is 61.9 Å². The highest BCUT2D eigenvalue weighted by atomic mass is 35.5. The summed E-state index contributed by atoms with van der Waals surface area (Å²) in [4.78, 5) is 32.5. The molecule has 1 saturated heterocycles. The Hall–Kier alpha value is -3.15. The number of carbonyl (C=O) groups is 1. The summed E-state index contributed by atoms with van der Waals surface area (Å²) in [5.74, 6) is 1.41. The van der Waals surface area contributed by atoms with Crippen LogP contribution in [-0.2, 0) is 4.84 Å². The molecule has 0 bridgehead atoms. The number of benzene rings is 1. The van der Waals surface area contributed by atoms with Crippen molar-refractivity contribution in [3.05, 3.63) is 35.6 Å². The molecule has 6 rings (SSSR count). The van der Waals surface area contributed by atoms with Crippen molar-refractivity contribution in [2.75, 3.05) is 29.0 Å². The van der Waals surface area contributed by atoms with Crippen LogP contribution >= 0.6 is 11.6 Å². The lowest BCUT2D eigenvalue weighted by Crippen LogP contribution is -2.41. The molecule has 40 heavy (non-hydrogen) atoms. The van der Waals surface area contributed by atoms with Crippen LogP contribution < -0.4 is 21.7 Å². The molecule has 2 saturated carbocycles. The SMILES string of the molecule is NC1CCC(Nc2nc(NC3CCN(OC(=O)Nc4cccc(Cl)c4)CC3)c3ncn(C4CCCC4)c3n2)CC1. The van der Waals surface area contributed by atoms with E-state index in [1.54, 1.807) is 29.3 Å². The van der Waals surface area contributed by atoms with E-state index in [2.05, 4.69) is 20.5 Å². The maximum atomic E-state index is 12.4. The number of nitrogens with zero attached hydrogens (tertiary/aromatic N) is 5. The fourth-order valence-electron chi connectivity index (χ4n) is 6.09. The Bertz CT molecular complexity index is 1310. The monoisotopic (exact) mass is 567 g/mol. The van der Waals surface area contributed by atoms with E-state index in [1.165, 1.54) is 12.8 Å². The van der Waals surface area contributed by atoms with Crippen molar-refractivity contribution in [3.63, 3.8) is 0 Å². The van der Waals surface area contributed by atoms with Crippen LogP contribution in [0, 0.1) is 0 Å². The molecule has 11 nitrogen and oxygen atoms in total. The first kappa shape index (κ1) is 27.0. The molecule has 3 aliphatic rings. The van der Waals surface area contributed by atoms with E-state index in [-0.39, 0.29) is 6.04 Å². The number of nitrogens with two attached hydrogens (primary N) is 1. The van der Waals surface area contributed by atoms with Gasteiger partial charge in [0.2, 0.25) is 5.95 Å². The first-order valence-corrected chi connectivity index (χ1v) is 14.9. The zero-order chi connectivity index (χ0) is 27.5. The van der Waals surface area contributed by atoms with E-state index >= 15 is 0 Å². The minimum Gasteiger partial charge on any atom is -0.365 e. The second-order valence-corrected chi connectivity index (χ2v) is 11.7. The highest BCUT2D eigenvalue weighted by Crippen LogP contribution is 2.34. The molecule has 2 aliphatic carbocycles. The Labute approximate surface area is 239 Å². The number of rotatable bonds is 7. The lowest BCUT2D eigenvalue weighted by molar-refractivity contribution is -0.106. The highest BCUT2D eigenvalue weighted by Gasteiger charge is 2.27. The molecule has 3 aromatic rings. The number of carbonyl (C=O) groups excluding carboxylic acids is 1. The summed E-state index contributed by atoms with van der Waals surface area (Å²) in [6, 6.07) is 8.21. The van der Waals surface area contributed by atoms with Gasteiger partial charge in [0.25, 0.3) is 0 Å². The number of amides is 1. The second-order valence-electron chi connectivity index (χ2n) is 11.3. The maximum absolute atomic E-state index is 12.4. The van der Waals surface area contributed by atoms with Gasteiger partial charge in [0, 0.05) is 48.0 Å². The smallest absolute Gasteiger partial charge is 0.365 e. The molecule has 1 aliphatic heterocycles. The van der Waals surface area contributed by atoms with E-state index in [9.17, 15) is 4.79 Å². The largest absolute Gasteiger partial charge is 0.430 e. The van der Waals surface area contributed by atoms with E-state index in [4.69, 9.17) is 37.1 Å². The van der Waals surface area contributed by atoms with Gasteiger partial charge in [0.1, 0.15) is 0 Å². The number of imidazole rings is 1. The number of anilines is 3. The average Bonchev–Trinajstić information content (AvgIpc) is 3.61. The summed E-state index contributed by atoms with van der Waals surface area (Å²) in [6.45, 7) is 1.22. The van der Waals surface area contributed by atoms with Gasteiger partial charge in [-0.2, -0.15) is 9.97 Å². The van der Waals surface area contributed by atoms with Gasteiger partial charge in [-0.05, 0) is 69.6 Å². The van der Waals surface area contributed by atoms with Crippen LogP contribution in [0.15, 0.2) is 30.6 Å². The summed E-state index contributed by atoms with van der Waals surface area (Å²) in [5.41, 5.74) is 8.42. The van der Waals surface area contributed by atoms with Crippen LogP contribution in [0.1, 0.15) is 70.3 Å². The molecule has 12 heteroatoms. The van der Waals surface area contributed by atoms with Crippen molar-refractivity contribution in [1.29, 1.82) is 0 Å². The van der Waals surface area contributed by atoms with Gasteiger partial charge in [0.15, 0.2) is 17.0 Å². The normalized spacial score (nSPS) is 22.9. The third-order valence-electron chi connectivity index (χ3n) is 8.32. The topological polar surface area (TPSA) is 135 Å². The third kappa shape index (κ3) is 6.42. The molecule has 0 unspecified atom stereocenters. The Kier molecular flexibility index (Phi) is 8.22. The number of fused-ring (bicyclic) bond motifs is 1. The van der Waals surface area contributed by atoms with Crippen molar-refractivity contribution < 1.29 is 9.63 Å². The fourth-order valence-corrected chi connectivity index (χ4v) is 6.28. The number of aromatic nitrogens is 4. The molecular formula is C28H38ClN9O2. The van der Waals surface area contributed by atoms with E-state index in [0.717, 1.165) is 68.3 Å². The summed E-state index contributed by atoms with van der Waals surface area (Å²) < 4.78 is 2.24. The van der Waals surface area contributed by atoms with Crippen molar-refractivity contribution in [3.8, 4) is 0 Å². The van der Waals surface area contributed by atoms with Crippen molar-refractivity contribution in [2.24, 2.45) is 5.73 Å². The van der Waals surface area contributed by atoms with Gasteiger partial charge in [-0.15, -0.1) is 5.06 Å². The van der Waals surface area contributed by atoms with Gasteiger partial charge < -0.3 is 25.8 Å². The van der Waals surface area contributed by atoms with Gasteiger partial charge in [-0.1, -0.05) is 30.5 Å². The molecule has 1 aromatic carbocycles. The third-order valence-corrected chi connectivity index (χ3v) is 8.56. The van der Waals surface area contributed by atoms with E-state index < -0.39 is 6.09 Å². The molecule has 0 atom stereocenters. The van der Waals surface area contributed by atoms with Crippen molar-refractivity contribution >= 4 is 46.3 Å². The number of hydrogen-bond acceptors (Lipinski definition) is 9. The molecule has 0 spiro atoms. The minimum atomic E-state index is -0.525. The predicted octanol–water partition coefficient (Wildman–Crippen LogP) is 5.32. The van der Waals surface area contributed by atoms with Crippen LogP contribution in [0.2, 0.25) is 5.02 Å². The molecule has 1 amide bonds. The maximum Gasteiger partial charge on any atom is 0.430 e. The molecule has 3 fully saturated rings. The minimum absolute atomic E-state index is 0.172. The van der Waals surface area contributed by atoms with Crippen LogP contribution in [0.5, 0.6) is 0 Å². The number of nitrogens with one attached hydrogen (secondary N) is 3. The van der Waals surface area contributed by atoms with E-state index in [0.29, 0.717) is 47.9 Å². The molecule has 3 heterocycles.